The van der Waals surface area contributed by atoms with Crippen molar-refractivity contribution in [1.82, 2.24) is 10.2 Å². The van der Waals surface area contributed by atoms with Crippen molar-refractivity contribution in [3.63, 3.8) is 0 Å². The average Bonchev–Trinajstić information content (AvgIpc) is 2.79. The lowest BCUT2D eigenvalue weighted by molar-refractivity contribution is -0.136. The summed E-state index contributed by atoms with van der Waals surface area (Å²) in [5.41, 5.74) is 5.09. The SMILES string of the molecule is CCCN1C(=O)N[C@@H](c2ccc(NC(=O)Nc3cccc(C)c3C)cc2)C(C(=O)OC)=C1C. The molecule has 1 heterocycles. The van der Waals surface area contributed by atoms with Crippen molar-refractivity contribution in [2.24, 2.45) is 0 Å². The summed E-state index contributed by atoms with van der Waals surface area (Å²) in [7, 11) is 1.32. The Bertz CT molecular complexity index is 1090. The third kappa shape index (κ3) is 5.16. The van der Waals surface area contributed by atoms with E-state index in [9.17, 15) is 14.4 Å². The highest BCUT2D eigenvalue weighted by molar-refractivity contribution is 6.00. The number of nitrogens with zero attached hydrogens (tertiary/aromatic N) is 1. The molecule has 33 heavy (non-hydrogen) atoms. The molecule has 1 aliphatic heterocycles. The maximum Gasteiger partial charge on any atom is 0.337 e. The Balaban J connectivity index is 1.79. The number of methoxy groups -OCH3 is 1. The van der Waals surface area contributed by atoms with Gasteiger partial charge in [-0.2, -0.15) is 0 Å². The second-order valence-electron chi connectivity index (χ2n) is 7.97. The van der Waals surface area contributed by atoms with Crippen LogP contribution in [0.2, 0.25) is 0 Å². The van der Waals surface area contributed by atoms with Crippen molar-refractivity contribution in [3.05, 3.63) is 70.4 Å². The van der Waals surface area contributed by atoms with Gasteiger partial charge in [-0.15, -0.1) is 0 Å². The van der Waals surface area contributed by atoms with E-state index >= 15 is 0 Å². The van der Waals surface area contributed by atoms with Crippen LogP contribution >= 0.6 is 0 Å². The number of urea groups is 2. The second-order valence-corrected chi connectivity index (χ2v) is 7.97. The summed E-state index contributed by atoms with van der Waals surface area (Å²) in [6, 6.07) is 11.5. The van der Waals surface area contributed by atoms with Gasteiger partial charge in [0, 0.05) is 23.6 Å². The van der Waals surface area contributed by atoms with Gasteiger partial charge in [-0.05, 0) is 62.1 Å². The maximum absolute atomic E-state index is 12.6. The third-order valence-corrected chi connectivity index (χ3v) is 5.80. The lowest BCUT2D eigenvalue weighted by Crippen LogP contribution is -2.48. The summed E-state index contributed by atoms with van der Waals surface area (Å²) in [6.07, 6.45) is 0.758. The number of allylic oxidation sites excluding steroid dienone is 1. The van der Waals surface area contributed by atoms with E-state index in [2.05, 4.69) is 16.0 Å². The van der Waals surface area contributed by atoms with Crippen molar-refractivity contribution < 1.29 is 19.1 Å². The standard InChI is InChI=1S/C25H30N4O4/c1-6-14-29-17(4)21(23(30)33-5)22(28-25(29)32)18-10-12-19(13-11-18)26-24(31)27-20-9-7-8-15(2)16(20)3/h7-13,22H,6,14H2,1-5H3,(H,28,32)(H2,26,27,31)/t22-/m0/s1. The molecule has 2 aromatic carbocycles. The predicted molar refractivity (Wildman–Crippen MR) is 128 cm³/mol. The molecule has 0 saturated heterocycles. The lowest BCUT2D eigenvalue weighted by atomic mass is 9.94. The number of benzene rings is 2. The number of hydrogen-bond donors (Lipinski definition) is 3. The molecular formula is C25H30N4O4. The molecule has 0 aromatic heterocycles. The largest absolute Gasteiger partial charge is 0.466 e. The number of esters is 1. The minimum atomic E-state index is -0.643. The van der Waals surface area contributed by atoms with Crippen LogP contribution < -0.4 is 16.0 Å². The summed E-state index contributed by atoms with van der Waals surface area (Å²) in [6.45, 7) is 8.16. The van der Waals surface area contributed by atoms with Gasteiger partial charge in [0.1, 0.15) is 0 Å². The fourth-order valence-corrected chi connectivity index (χ4v) is 3.83. The Morgan fingerprint density at radius 1 is 1.06 bits per heavy atom. The second kappa shape index (κ2) is 10.2. The Kier molecular flexibility index (Phi) is 7.37. The highest BCUT2D eigenvalue weighted by atomic mass is 16.5. The Labute approximate surface area is 194 Å². The molecule has 0 bridgehead atoms. The molecule has 174 valence electrons. The van der Waals surface area contributed by atoms with Crippen LogP contribution in [0, 0.1) is 13.8 Å². The van der Waals surface area contributed by atoms with Gasteiger partial charge in [0.25, 0.3) is 0 Å². The van der Waals surface area contributed by atoms with Crippen LogP contribution in [0.3, 0.4) is 0 Å². The van der Waals surface area contributed by atoms with Gasteiger partial charge in [-0.1, -0.05) is 31.2 Å². The van der Waals surface area contributed by atoms with E-state index in [0.29, 0.717) is 29.1 Å². The van der Waals surface area contributed by atoms with Crippen molar-refractivity contribution in [2.45, 2.75) is 40.2 Å². The zero-order valence-electron chi connectivity index (χ0n) is 19.6. The molecule has 4 amide bonds. The normalized spacial score (nSPS) is 15.7. The molecule has 3 rings (SSSR count). The number of anilines is 2. The van der Waals surface area contributed by atoms with E-state index in [1.54, 1.807) is 36.1 Å². The van der Waals surface area contributed by atoms with Crippen molar-refractivity contribution in [2.75, 3.05) is 24.3 Å². The first-order chi connectivity index (χ1) is 15.8. The molecule has 1 aliphatic rings. The maximum atomic E-state index is 12.6. The average molecular weight is 451 g/mol. The van der Waals surface area contributed by atoms with Crippen molar-refractivity contribution in [3.8, 4) is 0 Å². The molecule has 2 aromatic rings. The Morgan fingerprint density at radius 3 is 2.39 bits per heavy atom. The van der Waals surface area contributed by atoms with Gasteiger partial charge < -0.3 is 20.7 Å². The monoisotopic (exact) mass is 450 g/mol. The van der Waals surface area contributed by atoms with Crippen molar-refractivity contribution >= 4 is 29.4 Å². The van der Waals surface area contributed by atoms with Crippen LogP contribution in [0.4, 0.5) is 21.0 Å². The third-order valence-electron chi connectivity index (χ3n) is 5.80. The van der Waals surface area contributed by atoms with Crippen LogP contribution in [0.5, 0.6) is 0 Å². The molecule has 1 atom stereocenters. The van der Waals surface area contributed by atoms with Crippen LogP contribution in [-0.4, -0.2) is 36.6 Å². The summed E-state index contributed by atoms with van der Waals surface area (Å²) in [5, 5.41) is 8.56. The Morgan fingerprint density at radius 2 is 1.76 bits per heavy atom. The van der Waals surface area contributed by atoms with Gasteiger partial charge in [0.05, 0.1) is 18.7 Å². The number of aryl methyl sites for hydroxylation is 1. The molecule has 0 aliphatic carbocycles. The fraction of sp³-hybridized carbons (Fsp3) is 0.320. The van der Waals surface area contributed by atoms with Crippen LogP contribution in [-0.2, 0) is 9.53 Å². The van der Waals surface area contributed by atoms with E-state index in [-0.39, 0.29) is 12.1 Å². The van der Waals surface area contributed by atoms with Crippen LogP contribution in [0.15, 0.2) is 53.7 Å². The number of nitrogens with one attached hydrogen (secondary N) is 3. The van der Waals surface area contributed by atoms with Crippen LogP contribution in [0.25, 0.3) is 0 Å². The number of hydrogen-bond acceptors (Lipinski definition) is 4. The van der Waals surface area contributed by atoms with Gasteiger partial charge in [0.15, 0.2) is 0 Å². The molecule has 8 heteroatoms. The smallest absolute Gasteiger partial charge is 0.337 e. The minimum Gasteiger partial charge on any atom is -0.466 e. The quantitative estimate of drug-likeness (QED) is 0.547. The molecular weight excluding hydrogens is 420 g/mol. The Hall–Kier alpha value is -3.81. The molecule has 0 unspecified atom stereocenters. The van der Waals surface area contributed by atoms with Gasteiger partial charge in [0.2, 0.25) is 0 Å². The fourth-order valence-electron chi connectivity index (χ4n) is 3.83. The molecule has 0 fully saturated rings. The van der Waals surface area contributed by atoms with E-state index in [1.165, 1.54) is 7.11 Å². The molecule has 8 nitrogen and oxygen atoms in total. The topological polar surface area (TPSA) is 99.8 Å². The summed E-state index contributed by atoms with van der Waals surface area (Å²) in [5.74, 6) is -0.492. The molecule has 3 N–H and O–H groups in total. The summed E-state index contributed by atoms with van der Waals surface area (Å²) >= 11 is 0. The molecule has 0 saturated carbocycles. The first-order valence-corrected chi connectivity index (χ1v) is 10.9. The lowest BCUT2D eigenvalue weighted by Gasteiger charge is -2.35. The number of rotatable bonds is 6. The van der Waals surface area contributed by atoms with Crippen LogP contribution in [0.1, 0.15) is 43.0 Å². The zero-order chi connectivity index (χ0) is 24.1. The highest BCUT2D eigenvalue weighted by Gasteiger charge is 2.35. The summed E-state index contributed by atoms with van der Waals surface area (Å²) < 4.78 is 4.98. The number of ether oxygens (including phenoxy) is 1. The van der Waals surface area contributed by atoms with Gasteiger partial charge in [-0.3, -0.25) is 4.90 Å². The molecule has 0 radical (unpaired) electrons. The number of amides is 4. The van der Waals surface area contributed by atoms with E-state index < -0.39 is 12.0 Å². The van der Waals surface area contributed by atoms with Crippen molar-refractivity contribution in [1.29, 1.82) is 0 Å². The highest BCUT2D eigenvalue weighted by Crippen LogP contribution is 2.32. The van der Waals surface area contributed by atoms with Gasteiger partial charge in [-0.25, -0.2) is 14.4 Å². The molecule has 0 spiro atoms. The first-order valence-electron chi connectivity index (χ1n) is 10.9. The van der Waals surface area contributed by atoms with Gasteiger partial charge >= 0.3 is 18.0 Å². The zero-order valence-corrected chi connectivity index (χ0v) is 19.6. The van der Waals surface area contributed by atoms with E-state index in [1.807, 2.05) is 39.0 Å². The number of carbonyl (C=O) groups excluding carboxylic acids is 3. The summed E-state index contributed by atoms with van der Waals surface area (Å²) in [4.78, 5) is 39.2. The predicted octanol–water partition coefficient (Wildman–Crippen LogP) is 4.87. The minimum absolute atomic E-state index is 0.262. The van der Waals surface area contributed by atoms with E-state index in [4.69, 9.17) is 4.74 Å². The number of carbonyl (C=O) groups is 3. The van der Waals surface area contributed by atoms with E-state index in [0.717, 1.165) is 23.2 Å². The first kappa shape index (κ1) is 23.8.